The maximum atomic E-state index is 11.8. The van der Waals surface area contributed by atoms with E-state index in [1.165, 1.54) is 0 Å². The molecule has 1 heterocycles. The maximum absolute atomic E-state index is 11.8. The SMILES string of the molecule is Cc1ccn(Cc2ccc(C#CCN)cc2)c(=O)c1. The van der Waals surface area contributed by atoms with Crippen LogP contribution in [0.15, 0.2) is 47.4 Å². The Morgan fingerprint density at radius 1 is 1.21 bits per heavy atom. The van der Waals surface area contributed by atoms with E-state index in [9.17, 15) is 4.79 Å². The van der Waals surface area contributed by atoms with Crippen LogP contribution in [0.4, 0.5) is 0 Å². The lowest BCUT2D eigenvalue weighted by atomic mass is 10.1. The normalized spacial score (nSPS) is 9.79. The smallest absolute Gasteiger partial charge is 0.251 e. The van der Waals surface area contributed by atoms with Gasteiger partial charge >= 0.3 is 0 Å². The molecule has 0 aliphatic carbocycles. The van der Waals surface area contributed by atoms with Crippen LogP contribution >= 0.6 is 0 Å². The first-order valence-corrected chi connectivity index (χ1v) is 6.14. The van der Waals surface area contributed by atoms with Crippen LogP contribution in [0.5, 0.6) is 0 Å². The minimum absolute atomic E-state index is 0.0204. The summed E-state index contributed by atoms with van der Waals surface area (Å²) >= 11 is 0. The van der Waals surface area contributed by atoms with Gasteiger partial charge in [-0.1, -0.05) is 24.0 Å². The van der Waals surface area contributed by atoms with Gasteiger partial charge in [0.25, 0.3) is 5.56 Å². The van der Waals surface area contributed by atoms with E-state index in [0.717, 1.165) is 16.7 Å². The second kappa shape index (κ2) is 6.03. The maximum Gasteiger partial charge on any atom is 0.251 e. The minimum Gasteiger partial charge on any atom is -0.320 e. The van der Waals surface area contributed by atoms with Gasteiger partial charge in [-0.05, 0) is 36.2 Å². The average Bonchev–Trinajstić information content (AvgIpc) is 2.41. The Morgan fingerprint density at radius 3 is 2.58 bits per heavy atom. The zero-order valence-corrected chi connectivity index (χ0v) is 10.9. The summed E-state index contributed by atoms with van der Waals surface area (Å²) in [5.41, 5.74) is 8.34. The van der Waals surface area contributed by atoms with Crippen molar-refractivity contribution >= 4 is 0 Å². The van der Waals surface area contributed by atoms with E-state index in [1.54, 1.807) is 10.6 Å². The number of aromatic nitrogens is 1. The van der Waals surface area contributed by atoms with Crippen molar-refractivity contribution in [3.8, 4) is 11.8 Å². The quantitative estimate of drug-likeness (QED) is 0.824. The summed E-state index contributed by atoms with van der Waals surface area (Å²) in [7, 11) is 0. The zero-order valence-electron chi connectivity index (χ0n) is 10.9. The Kier molecular flexibility index (Phi) is 4.17. The Balaban J connectivity index is 2.17. The second-order valence-electron chi connectivity index (χ2n) is 4.37. The average molecular weight is 252 g/mol. The van der Waals surface area contributed by atoms with Gasteiger partial charge in [-0.2, -0.15) is 0 Å². The molecule has 0 spiro atoms. The van der Waals surface area contributed by atoms with Gasteiger partial charge in [-0.25, -0.2) is 0 Å². The Morgan fingerprint density at radius 2 is 1.95 bits per heavy atom. The third kappa shape index (κ3) is 3.57. The molecule has 2 N–H and O–H groups in total. The molecule has 0 saturated carbocycles. The van der Waals surface area contributed by atoms with E-state index in [4.69, 9.17) is 5.73 Å². The highest BCUT2D eigenvalue weighted by molar-refractivity contribution is 5.36. The molecule has 3 nitrogen and oxygen atoms in total. The summed E-state index contributed by atoms with van der Waals surface area (Å²) < 4.78 is 1.69. The number of nitrogens with zero attached hydrogens (tertiary/aromatic N) is 1. The first-order valence-electron chi connectivity index (χ1n) is 6.14. The second-order valence-corrected chi connectivity index (χ2v) is 4.37. The standard InChI is InChI=1S/C16H16N2O/c1-13-8-10-18(16(19)11-13)12-15-6-4-14(5-7-15)3-2-9-17/h4-8,10-11H,9,12,17H2,1H3. The molecule has 0 unspecified atom stereocenters. The van der Waals surface area contributed by atoms with Crippen LogP contribution in [-0.4, -0.2) is 11.1 Å². The van der Waals surface area contributed by atoms with E-state index in [1.807, 2.05) is 43.5 Å². The van der Waals surface area contributed by atoms with E-state index in [0.29, 0.717) is 13.1 Å². The van der Waals surface area contributed by atoms with Gasteiger partial charge < -0.3 is 10.3 Å². The van der Waals surface area contributed by atoms with Crippen LogP contribution < -0.4 is 11.3 Å². The fourth-order valence-electron chi connectivity index (χ4n) is 1.78. The Labute approximate surface area is 112 Å². The van der Waals surface area contributed by atoms with E-state index in [2.05, 4.69) is 11.8 Å². The van der Waals surface area contributed by atoms with Gasteiger partial charge in [-0.3, -0.25) is 4.79 Å². The number of hydrogen-bond donors (Lipinski definition) is 1. The van der Waals surface area contributed by atoms with E-state index >= 15 is 0 Å². The number of aryl methyl sites for hydroxylation is 1. The van der Waals surface area contributed by atoms with E-state index < -0.39 is 0 Å². The van der Waals surface area contributed by atoms with Gasteiger partial charge in [0.15, 0.2) is 0 Å². The molecular weight excluding hydrogens is 236 g/mol. The van der Waals surface area contributed by atoms with Crippen LogP contribution in [0.25, 0.3) is 0 Å². The molecule has 0 atom stereocenters. The van der Waals surface area contributed by atoms with Crippen LogP contribution in [0.2, 0.25) is 0 Å². The highest BCUT2D eigenvalue weighted by atomic mass is 16.1. The molecule has 3 heteroatoms. The minimum atomic E-state index is 0.0204. The van der Waals surface area contributed by atoms with Crippen molar-refractivity contribution in [2.75, 3.05) is 6.54 Å². The lowest BCUT2D eigenvalue weighted by Gasteiger charge is -2.06. The van der Waals surface area contributed by atoms with Gasteiger partial charge in [0.1, 0.15) is 0 Å². The summed E-state index contributed by atoms with van der Waals surface area (Å²) in [5.74, 6) is 5.78. The van der Waals surface area contributed by atoms with Crippen LogP contribution in [0, 0.1) is 18.8 Å². The van der Waals surface area contributed by atoms with Crippen molar-refractivity contribution in [1.29, 1.82) is 0 Å². The van der Waals surface area contributed by atoms with Crippen LogP contribution in [0.3, 0.4) is 0 Å². The molecule has 0 saturated heterocycles. The molecule has 19 heavy (non-hydrogen) atoms. The lowest BCUT2D eigenvalue weighted by Crippen LogP contribution is -2.19. The molecule has 0 aliphatic rings. The topological polar surface area (TPSA) is 48.0 Å². The molecule has 1 aromatic heterocycles. The molecule has 0 radical (unpaired) electrons. The third-order valence-corrected chi connectivity index (χ3v) is 2.79. The molecular formula is C16H16N2O. The number of benzene rings is 1. The molecule has 2 aromatic rings. The number of rotatable bonds is 2. The molecule has 0 aliphatic heterocycles. The predicted molar refractivity (Wildman–Crippen MR) is 76.9 cm³/mol. The Bertz CT molecular complexity index is 672. The monoisotopic (exact) mass is 252 g/mol. The fourth-order valence-corrected chi connectivity index (χ4v) is 1.78. The molecule has 0 amide bonds. The zero-order chi connectivity index (χ0) is 13.7. The van der Waals surface area contributed by atoms with Crippen molar-refractivity contribution in [2.45, 2.75) is 13.5 Å². The van der Waals surface area contributed by atoms with Crippen molar-refractivity contribution in [3.63, 3.8) is 0 Å². The van der Waals surface area contributed by atoms with Crippen molar-refractivity contribution in [2.24, 2.45) is 5.73 Å². The van der Waals surface area contributed by atoms with Crippen molar-refractivity contribution in [1.82, 2.24) is 4.57 Å². The predicted octanol–water partition coefficient (Wildman–Crippen LogP) is 1.52. The van der Waals surface area contributed by atoms with Gasteiger partial charge in [0, 0.05) is 17.8 Å². The number of nitrogens with two attached hydrogens (primary N) is 1. The van der Waals surface area contributed by atoms with Crippen molar-refractivity contribution in [3.05, 3.63) is 69.6 Å². The summed E-state index contributed by atoms with van der Waals surface area (Å²) in [6, 6.07) is 11.4. The molecule has 96 valence electrons. The third-order valence-electron chi connectivity index (χ3n) is 2.79. The first kappa shape index (κ1) is 13.1. The summed E-state index contributed by atoms with van der Waals surface area (Å²) in [6.45, 7) is 2.85. The number of pyridine rings is 1. The molecule has 2 rings (SSSR count). The van der Waals surface area contributed by atoms with Gasteiger partial charge in [-0.15, -0.1) is 0 Å². The summed E-state index contributed by atoms with van der Waals surface area (Å²) in [6.07, 6.45) is 1.82. The number of hydrogen-bond acceptors (Lipinski definition) is 2. The van der Waals surface area contributed by atoms with E-state index in [-0.39, 0.29) is 5.56 Å². The Hall–Kier alpha value is -2.31. The van der Waals surface area contributed by atoms with Crippen molar-refractivity contribution < 1.29 is 0 Å². The first-order chi connectivity index (χ1) is 9.19. The molecule has 1 aromatic carbocycles. The summed E-state index contributed by atoms with van der Waals surface area (Å²) in [4.78, 5) is 11.8. The molecule has 0 fully saturated rings. The highest BCUT2D eigenvalue weighted by Crippen LogP contribution is 2.05. The van der Waals surface area contributed by atoms with Crippen LogP contribution in [0.1, 0.15) is 16.7 Å². The fraction of sp³-hybridized carbons (Fsp3) is 0.188. The van der Waals surface area contributed by atoms with Gasteiger partial charge in [0.2, 0.25) is 0 Å². The highest BCUT2D eigenvalue weighted by Gasteiger charge is 1.98. The molecule has 0 bridgehead atoms. The van der Waals surface area contributed by atoms with Gasteiger partial charge in [0.05, 0.1) is 13.1 Å². The largest absolute Gasteiger partial charge is 0.320 e. The van der Waals surface area contributed by atoms with Crippen LogP contribution in [-0.2, 0) is 6.54 Å². The summed E-state index contributed by atoms with van der Waals surface area (Å²) in [5, 5.41) is 0. The lowest BCUT2D eigenvalue weighted by molar-refractivity contribution is 0.757.